The fraction of sp³-hybridized carbons (Fsp3) is 0.0455. The van der Waals surface area contributed by atoms with Crippen molar-refractivity contribution in [3.63, 3.8) is 0 Å². The molecule has 6 nitrogen and oxygen atoms in total. The zero-order chi connectivity index (χ0) is 20.1. The van der Waals surface area contributed by atoms with Gasteiger partial charge in [-0.15, -0.1) is 0 Å². The van der Waals surface area contributed by atoms with Gasteiger partial charge in [0.05, 0.1) is 16.8 Å². The van der Waals surface area contributed by atoms with E-state index in [2.05, 4.69) is 9.97 Å². The number of aromatic amines is 1. The Morgan fingerprint density at radius 3 is 2.48 bits per heavy atom. The van der Waals surface area contributed by atoms with Crippen LogP contribution in [0.25, 0.3) is 39.1 Å². The van der Waals surface area contributed by atoms with E-state index in [1.807, 2.05) is 43.3 Å². The molecule has 142 valence electrons. The topological polar surface area (TPSA) is 80.9 Å². The summed E-state index contributed by atoms with van der Waals surface area (Å²) in [6, 6.07) is 18.0. The molecule has 2 aromatic carbocycles. The maximum absolute atomic E-state index is 13.1. The predicted molar refractivity (Wildman–Crippen MR) is 113 cm³/mol. The lowest BCUT2D eigenvalue weighted by Crippen LogP contribution is -2.33. The van der Waals surface area contributed by atoms with Crippen molar-refractivity contribution >= 4 is 33.8 Å². The van der Waals surface area contributed by atoms with Gasteiger partial charge in [-0.25, -0.2) is 14.3 Å². The first kappa shape index (κ1) is 17.5. The maximum atomic E-state index is 13.1. The third-order valence-corrected chi connectivity index (χ3v) is 5.10. The third-order valence-electron chi connectivity index (χ3n) is 4.85. The summed E-state index contributed by atoms with van der Waals surface area (Å²) in [5, 5.41) is 1.13. The number of pyridine rings is 1. The zero-order valence-corrected chi connectivity index (χ0v) is 16.0. The van der Waals surface area contributed by atoms with E-state index in [1.165, 1.54) is 0 Å². The molecule has 5 aromatic rings. The van der Waals surface area contributed by atoms with E-state index >= 15 is 0 Å². The molecule has 0 aliphatic heterocycles. The van der Waals surface area contributed by atoms with E-state index in [9.17, 15) is 9.59 Å². The van der Waals surface area contributed by atoms with Crippen LogP contribution >= 0.6 is 11.6 Å². The molecular weight excluding hydrogens is 390 g/mol. The summed E-state index contributed by atoms with van der Waals surface area (Å²) in [5.74, 6) is 0. The number of aryl methyl sites for hydroxylation is 1. The van der Waals surface area contributed by atoms with Gasteiger partial charge >= 0.3 is 11.2 Å². The molecule has 0 radical (unpaired) electrons. The third kappa shape index (κ3) is 2.77. The minimum atomic E-state index is -0.556. The highest BCUT2D eigenvalue weighted by atomic mass is 35.5. The second-order valence-corrected chi connectivity index (χ2v) is 7.16. The first-order valence-electron chi connectivity index (χ1n) is 8.93. The van der Waals surface area contributed by atoms with E-state index in [0.717, 1.165) is 21.4 Å². The molecule has 0 aliphatic rings. The molecule has 3 aromatic heterocycles. The first-order chi connectivity index (χ1) is 14.0. The van der Waals surface area contributed by atoms with Crippen LogP contribution in [0.15, 0.2) is 74.7 Å². The normalized spacial score (nSPS) is 11.4. The quantitative estimate of drug-likeness (QED) is 0.472. The largest absolute Gasteiger partial charge is 0.430 e. The van der Waals surface area contributed by atoms with Crippen LogP contribution in [-0.2, 0) is 0 Å². The van der Waals surface area contributed by atoms with Crippen molar-refractivity contribution in [1.82, 2.24) is 14.5 Å². The monoisotopic (exact) mass is 403 g/mol. The predicted octanol–water partition coefficient (Wildman–Crippen LogP) is 4.45. The highest BCUT2D eigenvalue weighted by molar-refractivity contribution is 6.30. The molecule has 29 heavy (non-hydrogen) atoms. The van der Waals surface area contributed by atoms with Crippen molar-refractivity contribution in [3.8, 4) is 16.9 Å². The molecule has 0 saturated carbocycles. The lowest BCUT2D eigenvalue weighted by molar-refractivity contribution is 0.641. The van der Waals surface area contributed by atoms with Crippen LogP contribution in [0.5, 0.6) is 0 Å². The van der Waals surface area contributed by atoms with Gasteiger partial charge in [0.2, 0.25) is 11.3 Å². The second-order valence-electron chi connectivity index (χ2n) is 6.72. The average Bonchev–Trinajstić information content (AvgIpc) is 3.09. The molecule has 0 unspecified atom stereocenters. The van der Waals surface area contributed by atoms with Crippen molar-refractivity contribution in [3.05, 3.63) is 92.1 Å². The van der Waals surface area contributed by atoms with E-state index in [4.69, 9.17) is 16.0 Å². The van der Waals surface area contributed by atoms with Gasteiger partial charge in [0.15, 0.2) is 0 Å². The van der Waals surface area contributed by atoms with Crippen molar-refractivity contribution < 1.29 is 4.42 Å². The Hall–Kier alpha value is -3.64. The van der Waals surface area contributed by atoms with Gasteiger partial charge in [0.1, 0.15) is 5.52 Å². The highest BCUT2D eigenvalue weighted by Crippen LogP contribution is 2.30. The average molecular weight is 404 g/mol. The summed E-state index contributed by atoms with van der Waals surface area (Å²) in [4.78, 5) is 33.1. The van der Waals surface area contributed by atoms with Gasteiger partial charge < -0.3 is 9.40 Å². The fourth-order valence-corrected chi connectivity index (χ4v) is 3.62. The van der Waals surface area contributed by atoms with E-state index in [1.54, 1.807) is 24.3 Å². The first-order valence-corrected chi connectivity index (χ1v) is 9.31. The second kappa shape index (κ2) is 6.46. The number of aromatic nitrogens is 3. The Balaban J connectivity index is 1.81. The van der Waals surface area contributed by atoms with Gasteiger partial charge in [0.25, 0.3) is 0 Å². The van der Waals surface area contributed by atoms with Crippen LogP contribution in [0, 0.1) is 6.92 Å². The summed E-state index contributed by atoms with van der Waals surface area (Å²) >= 11 is 5.91. The maximum Gasteiger partial charge on any atom is 0.333 e. The minimum absolute atomic E-state index is 0.0513. The van der Waals surface area contributed by atoms with Crippen LogP contribution in [0.3, 0.4) is 0 Å². The molecule has 0 bridgehead atoms. The van der Waals surface area contributed by atoms with Crippen LogP contribution in [0.4, 0.5) is 0 Å². The van der Waals surface area contributed by atoms with Crippen molar-refractivity contribution in [2.24, 2.45) is 0 Å². The van der Waals surface area contributed by atoms with Gasteiger partial charge in [0, 0.05) is 10.6 Å². The van der Waals surface area contributed by atoms with Crippen LogP contribution in [0.2, 0.25) is 5.02 Å². The molecule has 0 amide bonds. The molecular formula is C22H14ClN3O3. The number of halogens is 1. The Kier molecular flexibility index (Phi) is 3.89. The van der Waals surface area contributed by atoms with Gasteiger partial charge in [-0.05, 0) is 42.8 Å². The fourth-order valence-electron chi connectivity index (χ4n) is 3.49. The summed E-state index contributed by atoms with van der Waals surface area (Å²) < 4.78 is 6.85. The van der Waals surface area contributed by atoms with Crippen LogP contribution in [0.1, 0.15) is 5.56 Å². The number of nitrogens with zero attached hydrogens (tertiary/aromatic N) is 2. The van der Waals surface area contributed by atoms with E-state index in [0.29, 0.717) is 27.3 Å². The Bertz CT molecular complexity index is 1500. The Morgan fingerprint density at radius 2 is 1.76 bits per heavy atom. The number of benzene rings is 2. The lowest BCUT2D eigenvalue weighted by Gasteiger charge is -2.04. The lowest BCUT2D eigenvalue weighted by atomic mass is 10.1. The molecule has 0 aliphatic carbocycles. The highest BCUT2D eigenvalue weighted by Gasteiger charge is 2.19. The molecule has 0 atom stereocenters. The SMILES string of the molecule is Cc1cc(-c2ccccc2)nc2oc3c(=O)n(-c4ccc(Cl)cc4)c(=O)[nH]c3c12. The summed E-state index contributed by atoms with van der Waals surface area (Å²) in [6.45, 7) is 1.90. The molecule has 0 fully saturated rings. The molecule has 1 N–H and O–H groups in total. The Morgan fingerprint density at radius 1 is 1.03 bits per heavy atom. The Labute approximate surface area is 169 Å². The van der Waals surface area contributed by atoms with Crippen molar-refractivity contribution in [2.45, 2.75) is 6.92 Å². The summed E-state index contributed by atoms with van der Waals surface area (Å²) in [7, 11) is 0. The molecule has 3 heterocycles. The standard InChI is InChI=1S/C22H14ClN3O3/c1-12-11-16(13-5-3-2-4-6-13)24-20-17(12)18-19(29-20)21(27)26(22(28)25-18)15-9-7-14(23)8-10-15/h2-11H,1H3,(H,25,28). The van der Waals surface area contributed by atoms with Gasteiger partial charge in [-0.1, -0.05) is 41.9 Å². The van der Waals surface area contributed by atoms with Crippen LogP contribution in [-0.4, -0.2) is 14.5 Å². The number of furan rings is 1. The molecule has 0 spiro atoms. The number of hydrogen-bond donors (Lipinski definition) is 1. The summed E-state index contributed by atoms with van der Waals surface area (Å²) in [6.07, 6.45) is 0. The van der Waals surface area contributed by atoms with Crippen molar-refractivity contribution in [2.75, 3.05) is 0 Å². The van der Waals surface area contributed by atoms with E-state index < -0.39 is 11.2 Å². The van der Waals surface area contributed by atoms with Gasteiger partial charge in [-0.3, -0.25) is 4.79 Å². The van der Waals surface area contributed by atoms with Gasteiger partial charge in [-0.2, -0.15) is 0 Å². The zero-order valence-electron chi connectivity index (χ0n) is 15.3. The molecule has 0 saturated heterocycles. The smallest absolute Gasteiger partial charge is 0.333 e. The van der Waals surface area contributed by atoms with Crippen LogP contribution < -0.4 is 11.2 Å². The number of fused-ring (bicyclic) bond motifs is 3. The number of H-pyrrole nitrogens is 1. The van der Waals surface area contributed by atoms with E-state index in [-0.39, 0.29) is 5.58 Å². The number of nitrogens with one attached hydrogen (secondary N) is 1. The molecule has 5 rings (SSSR count). The number of hydrogen-bond acceptors (Lipinski definition) is 4. The number of rotatable bonds is 2. The molecule has 7 heteroatoms. The summed E-state index contributed by atoms with van der Waals surface area (Å²) in [5.41, 5.74) is 2.52. The van der Waals surface area contributed by atoms with Crippen molar-refractivity contribution in [1.29, 1.82) is 0 Å². The minimum Gasteiger partial charge on any atom is -0.430 e.